The average molecular weight is 289 g/mol. The number of pyridine rings is 2. The Hall–Kier alpha value is -2.61. The quantitative estimate of drug-likeness (QED) is 0.504. The normalized spacial score (nSPS) is 9.80. The van der Waals surface area contributed by atoms with Crippen LogP contribution < -0.4 is 10.6 Å². The van der Waals surface area contributed by atoms with Gasteiger partial charge in [-0.15, -0.1) is 0 Å². The maximum absolute atomic E-state index is 10.5. The van der Waals surface area contributed by atoms with Crippen LogP contribution in [0.1, 0.15) is 5.56 Å². The maximum atomic E-state index is 10.5. The van der Waals surface area contributed by atoms with Gasteiger partial charge in [0, 0.05) is 25.0 Å². The molecule has 0 aliphatic rings. The van der Waals surface area contributed by atoms with Gasteiger partial charge in [-0.25, -0.2) is 4.98 Å². The zero-order valence-electron chi connectivity index (χ0n) is 10.3. The van der Waals surface area contributed by atoms with E-state index in [4.69, 9.17) is 12.2 Å². The van der Waals surface area contributed by atoms with Crippen LogP contribution in [0.2, 0.25) is 0 Å². The van der Waals surface area contributed by atoms with Crippen LogP contribution in [-0.2, 0) is 6.54 Å². The van der Waals surface area contributed by atoms with Crippen molar-refractivity contribution in [3.8, 4) is 0 Å². The van der Waals surface area contributed by atoms with Crippen molar-refractivity contribution in [3.05, 3.63) is 58.5 Å². The third kappa shape index (κ3) is 3.95. The SMILES string of the molecule is O=[N+]([O-])c1ccc(NC(=S)NCc2cccnc2)nc1. The van der Waals surface area contributed by atoms with Crippen LogP contribution in [0.15, 0.2) is 42.9 Å². The predicted molar refractivity (Wildman–Crippen MR) is 78.2 cm³/mol. The molecule has 2 aromatic heterocycles. The highest BCUT2D eigenvalue weighted by atomic mass is 32.1. The topological polar surface area (TPSA) is 93.0 Å². The Kier molecular flexibility index (Phi) is 4.51. The van der Waals surface area contributed by atoms with E-state index in [1.165, 1.54) is 18.3 Å². The number of rotatable bonds is 4. The summed E-state index contributed by atoms with van der Waals surface area (Å²) in [5.41, 5.74) is 0.929. The first-order chi connectivity index (χ1) is 9.65. The van der Waals surface area contributed by atoms with Gasteiger partial charge in [-0.3, -0.25) is 15.1 Å². The highest BCUT2D eigenvalue weighted by Gasteiger charge is 2.05. The van der Waals surface area contributed by atoms with Crippen LogP contribution in [-0.4, -0.2) is 20.0 Å². The Bertz CT molecular complexity index is 603. The lowest BCUT2D eigenvalue weighted by molar-refractivity contribution is -0.385. The lowest BCUT2D eigenvalue weighted by atomic mass is 10.3. The second kappa shape index (κ2) is 6.53. The van der Waals surface area contributed by atoms with Crippen LogP contribution in [0.5, 0.6) is 0 Å². The van der Waals surface area contributed by atoms with Crippen LogP contribution in [0.3, 0.4) is 0 Å². The lowest BCUT2D eigenvalue weighted by Gasteiger charge is -2.09. The minimum absolute atomic E-state index is 0.0650. The van der Waals surface area contributed by atoms with Crippen molar-refractivity contribution >= 4 is 28.8 Å². The molecule has 102 valence electrons. The van der Waals surface area contributed by atoms with E-state index in [1.54, 1.807) is 12.4 Å². The van der Waals surface area contributed by atoms with Crippen molar-refractivity contribution in [2.45, 2.75) is 6.54 Å². The predicted octanol–water partition coefficient (Wildman–Crippen LogP) is 1.87. The van der Waals surface area contributed by atoms with Gasteiger partial charge in [0.1, 0.15) is 12.0 Å². The van der Waals surface area contributed by atoms with Crippen molar-refractivity contribution in [3.63, 3.8) is 0 Å². The molecule has 0 atom stereocenters. The summed E-state index contributed by atoms with van der Waals surface area (Å²) < 4.78 is 0. The Balaban J connectivity index is 1.86. The molecule has 2 rings (SSSR count). The smallest absolute Gasteiger partial charge is 0.287 e. The van der Waals surface area contributed by atoms with Crippen LogP contribution in [0, 0.1) is 10.1 Å². The maximum Gasteiger partial charge on any atom is 0.287 e. The Morgan fingerprint density at radius 1 is 1.35 bits per heavy atom. The largest absolute Gasteiger partial charge is 0.358 e. The van der Waals surface area contributed by atoms with Gasteiger partial charge >= 0.3 is 0 Å². The number of thiocarbonyl (C=S) groups is 1. The van der Waals surface area contributed by atoms with Gasteiger partial charge in [0.25, 0.3) is 5.69 Å². The average Bonchev–Trinajstić information content (AvgIpc) is 2.47. The molecule has 0 unspecified atom stereocenters. The van der Waals surface area contributed by atoms with Gasteiger partial charge in [-0.05, 0) is 29.9 Å². The molecule has 0 spiro atoms. The number of nitrogens with zero attached hydrogens (tertiary/aromatic N) is 3. The summed E-state index contributed by atoms with van der Waals surface area (Å²) in [7, 11) is 0. The van der Waals surface area contributed by atoms with Gasteiger partial charge in [0.15, 0.2) is 5.11 Å². The number of anilines is 1. The first-order valence-electron chi connectivity index (χ1n) is 5.69. The second-order valence-corrected chi connectivity index (χ2v) is 4.24. The summed E-state index contributed by atoms with van der Waals surface area (Å²) in [6, 6.07) is 6.62. The summed E-state index contributed by atoms with van der Waals surface area (Å²) in [5, 5.41) is 16.7. The number of aromatic nitrogens is 2. The van der Waals surface area contributed by atoms with Crippen molar-refractivity contribution in [1.29, 1.82) is 0 Å². The lowest BCUT2D eigenvalue weighted by Crippen LogP contribution is -2.28. The van der Waals surface area contributed by atoms with E-state index in [-0.39, 0.29) is 5.69 Å². The fraction of sp³-hybridized carbons (Fsp3) is 0.0833. The fourth-order valence-electron chi connectivity index (χ4n) is 1.41. The van der Waals surface area contributed by atoms with Gasteiger partial charge in [-0.1, -0.05) is 6.07 Å². The number of nitrogens with one attached hydrogen (secondary N) is 2. The molecule has 0 aromatic carbocycles. The minimum atomic E-state index is -0.504. The second-order valence-electron chi connectivity index (χ2n) is 3.83. The van der Waals surface area contributed by atoms with E-state index in [2.05, 4.69) is 20.6 Å². The molecule has 0 bridgehead atoms. The molecule has 0 saturated heterocycles. The first kappa shape index (κ1) is 13.8. The summed E-state index contributed by atoms with van der Waals surface area (Å²) in [4.78, 5) is 17.9. The van der Waals surface area contributed by atoms with E-state index in [0.29, 0.717) is 17.5 Å². The zero-order valence-corrected chi connectivity index (χ0v) is 11.1. The van der Waals surface area contributed by atoms with Crippen LogP contribution in [0.25, 0.3) is 0 Å². The Morgan fingerprint density at radius 3 is 2.80 bits per heavy atom. The molecule has 0 amide bonds. The Labute approximate surface area is 120 Å². The molecule has 2 aromatic rings. The number of hydrogen-bond donors (Lipinski definition) is 2. The molecular formula is C12H11N5O2S. The third-order valence-corrected chi connectivity index (χ3v) is 2.62. The van der Waals surface area contributed by atoms with Crippen molar-refractivity contribution in [2.24, 2.45) is 0 Å². The molecule has 0 fully saturated rings. The first-order valence-corrected chi connectivity index (χ1v) is 6.10. The van der Waals surface area contributed by atoms with E-state index in [9.17, 15) is 10.1 Å². The highest BCUT2D eigenvalue weighted by molar-refractivity contribution is 7.80. The van der Waals surface area contributed by atoms with Crippen molar-refractivity contribution < 1.29 is 4.92 Å². The van der Waals surface area contributed by atoms with Gasteiger partial charge in [0.05, 0.1) is 4.92 Å². The highest BCUT2D eigenvalue weighted by Crippen LogP contribution is 2.11. The standard InChI is InChI=1S/C12H11N5O2S/c18-17(19)10-3-4-11(14-8-10)16-12(20)15-7-9-2-1-5-13-6-9/h1-6,8H,7H2,(H2,14,15,16,20). The van der Waals surface area contributed by atoms with E-state index < -0.39 is 4.92 Å². The third-order valence-electron chi connectivity index (χ3n) is 2.38. The van der Waals surface area contributed by atoms with Crippen molar-refractivity contribution in [2.75, 3.05) is 5.32 Å². The molecule has 0 aliphatic carbocycles. The molecule has 0 radical (unpaired) electrons. The van der Waals surface area contributed by atoms with E-state index in [0.717, 1.165) is 5.56 Å². The molecule has 20 heavy (non-hydrogen) atoms. The molecule has 2 N–H and O–H groups in total. The van der Waals surface area contributed by atoms with Crippen LogP contribution in [0.4, 0.5) is 11.5 Å². The molecule has 7 nitrogen and oxygen atoms in total. The summed E-state index contributed by atoms with van der Waals surface area (Å²) >= 11 is 5.10. The summed E-state index contributed by atoms with van der Waals surface area (Å²) in [6.45, 7) is 0.534. The monoisotopic (exact) mass is 289 g/mol. The molecule has 2 heterocycles. The fourth-order valence-corrected chi connectivity index (χ4v) is 1.59. The molecule has 8 heteroatoms. The number of hydrogen-bond acceptors (Lipinski definition) is 5. The van der Waals surface area contributed by atoms with Crippen molar-refractivity contribution in [1.82, 2.24) is 15.3 Å². The van der Waals surface area contributed by atoms with E-state index in [1.807, 2.05) is 12.1 Å². The van der Waals surface area contributed by atoms with Gasteiger partial charge in [-0.2, -0.15) is 0 Å². The minimum Gasteiger partial charge on any atom is -0.358 e. The number of nitro groups is 1. The molecular weight excluding hydrogens is 278 g/mol. The Morgan fingerprint density at radius 2 is 2.20 bits per heavy atom. The molecule has 0 saturated carbocycles. The molecule has 0 aliphatic heterocycles. The van der Waals surface area contributed by atoms with Crippen LogP contribution >= 0.6 is 12.2 Å². The van der Waals surface area contributed by atoms with E-state index >= 15 is 0 Å². The summed E-state index contributed by atoms with van der Waals surface area (Å²) in [5.74, 6) is 0.444. The van der Waals surface area contributed by atoms with Gasteiger partial charge < -0.3 is 10.6 Å². The zero-order chi connectivity index (χ0) is 14.4. The summed E-state index contributed by atoms with van der Waals surface area (Å²) in [6.07, 6.45) is 4.60. The van der Waals surface area contributed by atoms with Gasteiger partial charge in [0.2, 0.25) is 0 Å².